The Kier molecular flexibility index (Phi) is 9.45. The number of hydrogen-bond acceptors (Lipinski definition) is 6. The van der Waals surface area contributed by atoms with E-state index >= 15 is 0 Å². The Morgan fingerprint density at radius 3 is 2.50 bits per heavy atom. The molecule has 1 aliphatic heterocycles. The van der Waals surface area contributed by atoms with Crippen molar-refractivity contribution in [2.24, 2.45) is 5.92 Å². The number of benzene rings is 1. The van der Waals surface area contributed by atoms with Crippen LogP contribution >= 0.6 is 22.9 Å². The Bertz CT molecular complexity index is 1710. The van der Waals surface area contributed by atoms with Crippen molar-refractivity contribution >= 4 is 28.8 Å². The zero-order valence-electron chi connectivity index (χ0n) is 24.6. The molecule has 7 nitrogen and oxygen atoms in total. The minimum Gasteiger partial charge on any atom is -0.492 e. The minimum atomic E-state index is -4.56. The number of halogens is 4. The molecule has 1 saturated heterocycles. The first-order valence-corrected chi connectivity index (χ1v) is 15.7. The van der Waals surface area contributed by atoms with Crippen LogP contribution in [0.4, 0.5) is 13.2 Å². The topological polar surface area (TPSA) is 77.3 Å². The molecule has 1 amide bonds. The summed E-state index contributed by atoms with van der Waals surface area (Å²) in [6, 6.07) is 8.84. The lowest BCUT2D eigenvalue weighted by Gasteiger charge is -2.29. The molecule has 0 atom stereocenters. The molecule has 0 aliphatic carbocycles. The van der Waals surface area contributed by atoms with Gasteiger partial charge in [-0.3, -0.25) is 19.1 Å². The van der Waals surface area contributed by atoms with Crippen LogP contribution in [0.2, 0.25) is 5.02 Å². The molecule has 0 N–H and O–H groups in total. The minimum absolute atomic E-state index is 0.104. The van der Waals surface area contributed by atoms with Crippen molar-refractivity contribution in [3.05, 3.63) is 80.3 Å². The number of nitrogens with zero attached hydrogens (tertiary/aromatic N) is 4. The number of ether oxygens (including phenoxy) is 1. The van der Waals surface area contributed by atoms with Crippen molar-refractivity contribution in [3.8, 4) is 33.3 Å². The first kappa shape index (κ1) is 31.7. The average Bonchev–Trinajstić information content (AvgIpc) is 3.48. The van der Waals surface area contributed by atoms with Gasteiger partial charge in [0.25, 0.3) is 11.5 Å². The molecule has 3 aromatic heterocycles. The standard InChI is InChI=1S/C32H32ClF3N4O3S/c1-4-43-27-10-9-21(33)15-26(27)40-25(14-19(2)3)22(30(41)39-12-6-5-7-13-39)16-23(31(40)42)29-38-24(18-44-29)20-8-11-28(37-17-20)32(34,35)36/h8-11,15-19H,4-7,12-14H2,1-3H3. The summed E-state index contributed by atoms with van der Waals surface area (Å²) in [7, 11) is 0. The fourth-order valence-corrected chi connectivity index (χ4v) is 6.29. The van der Waals surface area contributed by atoms with Crippen molar-refractivity contribution in [1.29, 1.82) is 0 Å². The number of carbonyl (C=O) groups is 1. The van der Waals surface area contributed by atoms with E-state index in [1.807, 2.05) is 25.7 Å². The third-order valence-electron chi connectivity index (χ3n) is 7.32. The maximum absolute atomic E-state index is 14.5. The summed E-state index contributed by atoms with van der Waals surface area (Å²) in [6.07, 6.45) is -0.171. The fraction of sp³-hybridized carbons (Fsp3) is 0.375. The highest BCUT2D eigenvalue weighted by molar-refractivity contribution is 7.13. The molecule has 232 valence electrons. The molecule has 4 heterocycles. The lowest BCUT2D eigenvalue weighted by molar-refractivity contribution is -0.141. The van der Waals surface area contributed by atoms with E-state index in [4.69, 9.17) is 16.3 Å². The second-order valence-corrected chi connectivity index (χ2v) is 12.3. The first-order chi connectivity index (χ1) is 21.0. The van der Waals surface area contributed by atoms with Crippen molar-refractivity contribution < 1.29 is 22.7 Å². The van der Waals surface area contributed by atoms with Crippen LogP contribution in [-0.4, -0.2) is 45.0 Å². The van der Waals surface area contributed by atoms with E-state index in [0.717, 1.165) is 42.9 Å². The summed E-state index contributed by atoms with van der Waals surface area (Å²) in [5.41, 5.74) is 0.871. The highest BCUT2D eigenvalue weighted by atomic mass is 35.5. The van der Waals surface area contributed by atoms with Crippen molar-refractivity contribution in [2.45, 2.75) is 52.6 Å². The van der Waals surface area contributed by atoms with Gasteiger partial charge in [0.1, 0.15) is 16.5 Å². The molecule has 0 saturated carbocycles. The number of aromatic nitrogens is 3. The fourth-order valence-electron chi connectivity index (χ4n) is 5.29. The molecule has 44 heavy (non-hydrogen) atoms. The van der Waals surface area contributed by atoms with E-state index in [-0.39, 0.29) is 17.4 Å². The largest absolute Gasteiger partial charge is 0.492 e. The summed E-state index contributed by atoms with van der Waals surface area (Å²) in [6.45, 7) is 7.47. The van der Waals surface area contributed by atoms with E-state index < -0.39 is 17.4 Å². The van der Waals surface area contributed by atoms with E-state index in [9.17, 15) is 22.8 Å². The molecule has 1 fully saturated rings. The number of hydrogen-bond donors (Lipinski definition) is 0. The quantitative estimate of drug-likeness (QED) is 0.195. The van der Waals surface area contributed by atoms with Gasteiger partial charge in [-0.2, -0.15) is 13.2 Å². The zero-order valence-corrected chi connectivity index (χ0v) is 26.2. The SMILES string of the molecule is CCOc1ccc(Cl)cc1-n1c(CC(C)C)c(C(=O)N2CCCCC2)cc(-c2nc(-c3ccc(C(F)(F)F)nc3)cs2)c1=O. The van der Waals surface area contributed by atoms with Gasteiger partial charge in [-0.25, -0.2) is 4.98 Å². The van der Waals surface area contributed by atoms with Gasteiger partial charge in [0.15, 0.2) is 0 Å². The summed E-state index contributed by atoms with van der Waals surface area (Å²) >= 11 is 7.60. The monoisotopic (exact) mass is 644 g/mol. The number of amides is 1. The van der Waals surface area contributed by atoms with Crippen LogP contribution in [0.25, 0.3) is 27.5 Å². The molecule has 0 spiro atoms. The van der Waals surface area contributed by atoms with E-state index in [2.05, 4.69) is 9.97 Å². The Hall–Kier alpha value is -3.70. The van der Waals surface area contributed by atoms with Gasteiger partial charge in [0.05, 0.1) is 29.1 Å². The summed E-state index contributed by atoms with van der Waals surface area (Å²) in [4.78, 5) is 38.6. The Balaban J connectivity index is 1.73. The van der Waals surface area contributed by atoms with Gasteiger partial charge in [0.2, 0.25) is 0 Å². The highest BCUT2D eigenvalue weighted by Crippen LogP contribution is 2.34. The molecule has 0 radical (unpaired) electrons. The first-order valence-electron chi connectivity index (χ1n) is 14.5. The predicted octanol–water partition coefficient (Wildman–Crippen LogP) is 7.92. The van der Waals surface area contributed by atoms with Crippen LogP contribution in [0.1, 0.15) is 61.8 Å². The number of thiazole rings is 1. The number of pyridine rings is 2. The normalized spacial score (nSPS) is 13.9. The molecular weight excluding hydrogens is 613 g/mol. The molecule has 0 bridgehead atoms. The van der Waals surface area contributed by atoms with Gasteiger partial charge in [0, 0.05) is 40.9 Å². The summed E-state index contributed by atoms with van der Waals surface area (Å²) in [5.74, 6) is 0.375. The summed E-state index contributed by atoms with van der Waals surface area (Å²) in [5, 5.41) is 2.37. The molecule has 12 heteroatoms. The molecule has 1 aliphatic rings. The van der Waals surface area contributed by atoms with Crippen molar-refractivity contribution in [2.75, 3.05) is 19.7 Å². The van der Waals surface area contributed by atoms with E-state index in [1.54, 1.807) is 29.6 Å². The second-order valence-electron chi connectivity index (χ2n) is 11.0. The number of carbonyl (C=O) groups excluding carboxylic acids is 1. The third-order valence-corrected chi connectivity index (χ3v) is 8.43. The Labute approximate surface area is 262 Å². The predicted molar refractivity (Wildman–Crippen MR) is 166 cm³/mol. The maximum Gasteiger partial charge on any atom is 0.433 e. The number of piperidine rings is 1. The van der Waals surface area contributed by atoms with Crippen molar-refractivity contribution in [3.63, 3.8) is 0 Å². The molecule has 0 unspecified atom stereocenters. The lowest BCUT2D eigenvalue weighted by atomic mass is 9.98. The van der Waals surface area contributed by atoms with Crippen LogP contribution in [0.5, 0.6) is 5.75 Å². The number of likely N-dealkylation sites (tertiary alicyclic amines) is 1. The van der Waals surface area contributed by atoms with Crippen LogP contribution < -0.4 is 10.3 Å². The second kappa shape index (κ2) is 13.1. The molecule has 1 aromatic carbocycles. The Morgan fingerprint density at radius 2 is 1.86 bits per heavy atom. The number of alkyl halides is 3. The van der Waals surface area contributed by atoms with Crippen LogP contribution in [0, 0.1) is 5.92 Å². The smallest absolute Gasteiger partial charge is 0.433 e. The van der Waals surface area contributed by atoms with Gasteiger partial charge in [-0.15, -0.1) is 11.3 Å². The maximum atomic E-state index is 14.5. The van der Waals surface area contributed by atoms with E-state index in [1.165, 1.54) is 10.6 Å². The van der Waals surface area contributed by atoms with Gasteiger partial charge < -0.3 is 9.64 Å². The van der Waals surface area contributed by atoms with Crippen molar-refractivity contribution in [1.82, 2.24) is 19.4 Å². The average molecular weight is 645 g/mol. The van der Waals surface area contributed by atoms with Crippen LogP contribution in [0.15, 0.2) is 52.8 Å². The number of rotatable bonds is 8. The Morgan fingerprint density at radius 1 is 1.11 bits per heavy atom. The lowest BCUT2D eigenvalue weighted by Crippen LogP contribution is -2.38. The zero-order chi connectivity index (χ0) is 31.6. The van der Waals surface area contributed by atoms with Crippen LogP contribution in [-0.2, 0) is 12.6 Å². The summed E-state index contributed by atoms with van der Waals surface area (Å²) < 4.78 is 46.6. The molecule has 5 rings (SSSR count). The van der Waals surface area contributed by atoms with Gasteiger partial charge in [-0.05, 0) is 74.9 Å². The third kappa shape index (κ3) is 6.68. The molecule has 4 aromatic rings. The highest BCUT2D eigenvalue weighted by Gasteiger charge is 2.32. The molecular formula is C32H32ClF3N4O3S. The van der Waals surface area contributed by atoms with Gasteiger partial charge in [-0.1, -0.05) is 25.4 Å². The van der Waals surface area contributed by atoms with Crippen LogP contribution in [0.3, 0.4) is 0 Å². The van der Waals surface area contributed by atoms with E-state index in [0.29, 0.717) is 70.1 Å². The van der Waals surface area contributed by atoms with Gasteiger partial charge >= 0.3 is 6.18 Å².